The van der Waals surface area contributed by atoms with E-state index in [4.69, 9.17) is 0 Å². The first-order valence-corrected chi connectivity index (χ1v) is 10.3. The van der Waals surface area contributed by atoms with Gasteiger partial charge in [0.15, 0.2) is 0 Å². The van der Waals surface area contributed by atoms with E-state index in [1.807, 2.05) is 0 Å². The zero-order valence-corrected chi connectivity index (χ0v) is 16.5. The van der Waals surface area contributed by atoms with Gasteiger partial charge in [0.1, 0.15) is 0 Å². The van der Waals surface area contributed by atoms with Crippen molar-refractivity contribution in [2.45, 2.75) is 51.6 Å². The van der Waals surface area contributed by atoms with E-state index in [0.29, 0.717) is 12.1 Å². The van der Waals surface area contributed by atoms with Crippen LogP contribution in [-0.4, -0.2) is 48.1 Å². The number of nitrogens with zero attached hydrogens (tertiary/aromatic N) is 2. The summed E-state index contributed by atoms with van der Waals surface area (Å²) in [6.07, 6.45) is 4.90. The lowest BCUT2D eigenvalue weighted by molar-refractivity contribution is 0.0736. The second-order valence-electron chi connectivity index (χ2n) is 7.82. The van der Waals surface area contributed by atoms with Crippen molar-refractivity contribution >= 4 is 0 Å². The first-order valence-electron chi connectivity index (χ1n) is 10.3. The van der Waals surface area contributed by atoms with Crippen LogP contribution >= 0.6 is 0 Å². The highest BCUT2D eigenvalue weighted by Crippen LogP contribution is 2.16. The Morgan fingerprint density at radius 2 is 0.962 bits per heavy atom. The predicted octanol–water partition coefficient (Wildman–Crippen LogP) is 4.65. The highest BCUT2D eigenvalue weighted by molar-refractivity contribution is 5.15. The van der Waals surface area contributed by atoms with Gasteiger partial charge in [0, 0.05) is 38.3 Å². The van der Waals surface area contributed by atoms with Crippen LogP contribution < -0.4 is 0 Å². The van der Waals surface area contributed by atoms with E-state index in [0.717, 1.165) is 0 Å². The van der Waals surface area contributed by atoms with Gasteiger partial charge in [-0.2, -0.15) is 0 Å². The van der Waals surface area contributed by atoms with E-state index in [2.05, 4.69) is 84.3 Å². The average Bonchev–Trinajstić information content (AvgIpc) is 2.72. The van der Waals surface area contributed by atoms with Crippen LogP contribution in [0, 0.1) is 0 Å². The lowest BCUT2D eigenvalue weighted by Crippen LogP contribution is -2.52. The van der Waals surface area contributed by atoms with Gasteiger partial charge in [0.05, 0.1) is 0 Å². The number of hydrogen-bond acceptors (Lipinski definition) is 2. The van der Waals surface area contributed by atoms with Crippen molar-refractivity contribution < 1.29 is 0 Å². The predicted molar refractivity (Wildman–Crippen MR) is 112 cm³/mol. The molecule has 0 spiro atoms. The Bertz CT molecular complexity index is 560. The minimum absolute atomic E-state index is 0.678. The topological polar surface area (TPSA) is 6.48 Å². The maximum absolute atomic E-state index is 2.68. The van der Waals surface area contributed by atoms with E-state index in [1.54, 1.807) is 0 Å². The zero-order valence-electron chi connectivity index (χ0n) is 16.5. The highest BCUT2D eigenvalue weighted by Gasteiger charge is 2.23. The van der Waals surface area contributed by atoms with Crippen LogP contribution in [0.15, 0.2) is 60.7 Å². The van der Waals surface area contributed by atoms with Crippen LogP contribution in [0.2, 0.25) is 0 Å². The van der Waals surface area contributed by atoms with Crippen molar-refractivity contribution in [1.82, 2.24) is 9.80 Å². The second-order valence-corrected chi connectivity index (χ2v) is 7.82. The van der Waals surface area contributed by atoms with Crippen LogP contribution in [0.25, 0.3) is 0 Å². The largest absolute Gasteiger partial charge is 0.298 e. The Balaban J connectivity index is 1.37. The summed E-state index contributed by atoms with van der Waals surface area (Å²) in [5.41, 5.74) is 2.93. The lowest BCUT2D eigenvalue weighted by Gasteiger charge is -2.40. The maximum atomic E-state index is 2.68. The minimum Gasteiger partial charge on any atom is -0.298 e. The SMILES string of the molecule is CC(CCc1ccccc1)N1CCN(C(C)CCc2ccccc2)CC1. The molecule has 140 valence electrons. The summed E-state index contributed by atoms with van der Waals surface area (Å²) in [6.45, 7) is 9.66. The van der Waals surface area contributed by atoms with E-state index in [1.165, 1.54) is 63.0 Å². The van der Waals surface area contributed by atoms with Gasteiger partial charge in [0.25, 0.3) is 0 Å². The van der Waals surface area contributed by atoms with Crippen molar-refractivity contribution in [2.24, 2.45) is 0 Å². The molecule has 0 aliphatic carbocycles. The van der Waals surface area contributed by atoms with Crippen LogP contribution in [0.5, 0.6) is 0 Å². The third-order valence-electron chi connectivity index (χ3n) is 5.98. The van der Waals surface area contributed by atoms with Gasteiger partial charge in [0.2, 0.25) is 0 Å². The van der Waals surface area contributed by atoms with Crippen molar-refractivity contribution in [2.75, 3.05) is 26.2 Å². The van der Waals surface area contributed by atoms with Gasteiger partial charge in [-0.05, 0) is 50.7 Å². The normalized spacial score (nSPS) is 18.5. The summed E-state index contributed by atoms with van der Waals surface area (Å²) in [5, 5.41) is 0. The summed E-state index contributed by atoms with van der Waals surface area (Å²) >= 11 is 0. The minimum atomic E-state index is 0.678. The summed E-state index contributed by atoms with van der Waals surface area (Å²) in [7, 11) is 0. The van der Waals surface area contributed by atoms with Crippen LogP contribution in [0.1, 0.15) is 37.8 Å². The number of aryl methyl sites for hydroxylation is 2. The molecule has 2 atom stereocenters. The Morgan fingerprint density at radius 3 is 1.31 bits per heavy atom. The fourth-order valence-electron chi connectivity index (χ4n) is 4.02. The molecule has 0 radical (unpaired) electrons. The molecule has 26 heavy (non-hydrogen) atoms. The van der Waals surface area contributed by atoms with Gasteiger partial charge < -0.3 is 0 Å². The summed E-state index contributed by atoms with van der Waals surface area (Å²) in [5.74, 6) is 0. The maximum Gasteiger partial charge on any atom is 0.0113 e. The average molecular weight is 351 g/mol. The molecule has 0 aromatic heterocycles. The molecule has 2 nitrogen and oxygen atoms in total. The Labute approximate surface area is 159 Å². The van der Waals surface area contributed by atoms with Crippen molar-refractivity contribution in [3.8, 4) is 0 Å². The molecule has 0 N–H and O–H groups in total. The molecule has 1 heterocycles. The van der Waals surface area contributed by atoms with Gasteiger partial charge in [-0.15, -0.1) is 0 Å². The molecule has 0 bridgehead atoms. The number of hydrogen-bond donors (Lipinski definition) is 0. The highest BCUT2D eigenvalue weighted by atomic mass is 15.3. The summed E-state index contributed by atoms with van der Waals surface area (Å²) in [6, 6.07) is 23.2. The van der Waals surface area contributed by atoms with Gasteiger partial charge in [-0.25, -0.2) is 0 Å². The third-order valence-corrected chi connectivity index (χ3v) is 5.98. The molecule has 1 aliphatic rings. The molecule has 2 aromatic carbocycles. The molecule has 2 aromatic rings. The van der Waals surface area contributed by atoms with Gasteiger partial charge in [-0.1, -0.05) is 60.7 Å². The molecule has 1 aliphatic heterocycles. The lowest BCUT2D eigenvalue weighted by atomic mass is 10.0. The second kappa shape index (κ2) is 9.89. The van der Waals surface area contributed by atoms with Crippen molar-refractivity contribution in [3.05, 3.63) is 71.8 Å². The molecule has 1 saturated heterocycles. The van der Waals surface area contributed by atoms with E-state index < -0.39 is 0 Å². The molecule has 0 amide bonds. The summed E-state index contributed by atoms with van der Waals surface area (Å²) in [4.78, 5) is 5.37. The Hall–Kier alpha value is -1.64. The van der Waals surface area contributed by atoms with Crippen LogP contribution in [-0.2, 0) is 12.8 Å². The first-order chi connectivity index (χ1) is 12.7. The molecular formula is C24H34N2. The van der Waals surface area contributed by atoms with Gasteiger partial charge in [-0.3, -0.25) is 9.80 Å². The monoisotopic (exact) mass is 350 g/mol. The first kappa shape index (κ1) is 19.1. The molecule has 1 fully saturated rings. The number of benzene rings is 2. The van der Waals surface area contributed by atoms with Crippen molar-refractivity contribution in [1.29, 1.82) is 0 Å². The van der Waals surface area contributed by atoms with Crippen LogP contribution in [0.4, 0.5) is 0 Å². The number of piperazine rings is 1. The quantitative estimate of drug-likeness (QED) is 0.684. The van der Waals surface area contributed by atoms with E-state index in [9.17, 15) is 0 Å². The fourth-order valence-corrected chi connectivity index (χ4v) is 4.02. The van der Waals surface area contributed by atoms with Gasteiger partial charge >= 0.3 is 0 Å². The Kier molecular flexibility index (Phi) is 7.28. The molecule has 3 rings (SSSR count). The Morgan fingerprint density at radius 1 is 0.615 bits per heavy atom. The fraction of sp³-hybridized carbons (Fsp3) is 0.500. The smallest absolute Gasteiger partial charge is 0.0113 e. The molecular weight excluding hydrogens is 316 g/mol. The standard InChI is InChI=1S/C24H34N2/c1-21(13-15-23-9-5-3-6-10-23)25-17-19-26(20-18-25)22(2)14-16-24-11-7-4-8-12-24/h3-12,21-22H,13-20H2,1-2H3. The molecule has 2 unspecified atom stereocenters. The van der Waals surface area contributed by atoms with Crippen molar-refractivity contribution in [3.63, 3.8) is 0 Å². The van der Waals surface area contributed by atoms with E-state index >= 15 is 0 Å². The van der Waals surface area contributed by atoms with Crippen LogP contribution in [0.3, 0.4) is 0 Å². The summed E-state index contributed by atoms with van der Waals surface area (Å²) < 4.78 is 0. The van der Waals surface area contributed by atoms with E-state index in [-0.39, 0.29) is 0 Å². The zero-order chi connectivity index (χ0) is 18.2. The molecule has 2 heteroatoms. The number of rotatable bonds is 8. The molecule has 0 saturated carbocycles. The third kappa shape index (κ3) is 5.69.